The Labute approximate surface area is 126 Å². The summed E-state index contributed by atoms with van der Waals surface area (Å²) < 4.78 is 22.9. The Kier molecular flexibility index (Phi) is 4.52. The maximum atomic E-state index is 11.5. The summed E-state index contributed by atoms with van der Waals surface area (Å²) >= 11 is 0. The van der Waals surface area contributed by atoms with Crippen LogP contribution < -0.4 is 4.90 Å². The summed E-state index contributed by atoms with van der Waals surface area (Å²) in [4.78, 5) is 6.65. The number of aromatic nitrogens is 1. The molecule has 1 aromatic rings. The maximum Gasteiger partial charge on any atom is 0.147 e. The quantitative estimate of drug-likeness (QED) is 0.851. The van der Waals surface area contributed by atoms with Crippen LogP contribution in [0.5, 0.6) is 0 Å². The monoisotopic (exact) mass is 307 g/mol. The van der Waals surface area contributed by atoms with E-state index < -0.39 is 9.84 Å². The second-order valence-electron chi connectivity index (χ2n) is 5.92. The smallest absolute Gasteiger partial charge is 0.147 e. The first-order valence-electron chi connectivity index (χ1n) is 7.11. The number of anilines is 1. The molecule has 0 radical (unpaired) electrons. The molecule has 6 heteroatoms. The van der Waals surface area contributed by atoms with Crippen molar-refractivity contribution in [3.8, 4) is 6.07 Å². The molecule has 1 atom stereocenters. The van der Waals surface area contributed by atoms with Crippen molar-refractivity contribution in [2.75, 3.05) is 30.0 Å². The third-order valence-corrected chi connectivity index (χ3v) is 4.95. The van der Waals surface area contributed by atoms with E-state index in [1.54, 1.807) is 0 Å². The molecule has 1 unspecified atom stereocenters. The van der Waals surface area contributed by atoms with Crippen molar-refractivity contribution in [1.29, 1.82) is 5.26 Å². The molecule has 0 aliphatic carbocycles. The Bertz CT molecular complexity index is 654. The van der Waals surface area contributed by atoms with Gasteiger partial charge in [-0.25, -0.2) is 13.4 Å². The molecule has 21 heavy (non-hydrogen) atoms. The van der Waals surface area contributed by atoms with E-state index in [0.29, 0.717) is 12.1 Å². The number of nitrogens with zero attached hydrogens (tertiary/aromatic N) is 3. The van der Waals surface area contributed by atoms with Crippen LogP contribution in [0, 0.1) is 31.1 Å². The Morgan fingerprint density at radius 3 is 2.76 bits per heavy atom. The fraction of sp³-hybridized carbons (Fsp3) is 0.600. The van der Waals surface area contributed by atoms with Crippen molar-refractivity contribution in [3.63, 3.8) is 0 Å². The molecule has 1 aliphatic rings. The second-order valence-corrected chi connectivity index (χ2v) is 8.10. The zero-order valence-corrected chi connectivity index (χ0v) is 13.6. The average Bonchev–Trinajstić information content (AvgIpc) is 2.36. The van der Waals surface area contributed by atoms with Crippen LogP contribution in [-0.4, -0.2) is 38.5 Å². The van der Waals surface area contributed by atoms with E-state index in [0.717, 1.165) is 36.5 Å². The lowest BCUT2D eigenvalue weighted by atomic mass is 9.99. The van der Waals surface area contributed by atoms with Gasteiger partial charge in [0.25, 0.3) is 0 Å². The van der Waals surface area contributed by atoms with E-state index >= 15 is 0 Å². The molecule has 1 saturated heterocycles. The number of hydrogen-bond donors (Lipinski definition) is 0. The van der Waals surface area contributed by atoms with Gasteiger partial charge in [-0.15, -0.1) is 0 Å². The van der Waals surface area contributed by atoms with E-state index in [-0.39, 0.29) is 11.7 Å². The number of hydrogen-bond acceptors (Lipinski definition) is 5. The molecular formula is C15H21N3O2S. The SMILES string of the molecule is Cc1cc(N2CCCC(CS(C)(=O)=O)C2)nc(C)c1C#N. The van der Waals surface area contributed by atoms with E-state index in [2.05, 4.69) is 16.0 Å². The van der Waals surface area contributed by atoms with Gasteiger partial charge in [-0.3, -0.25) is 0 Å². The van der Waals surface area contributed by atoms with Crippen molar-refractivity contribution in [2.24, 2.45) is 5.92 Å². The summed E-state index contributed by atoms with van der Waals surface area (Å²) in [5.41, 5.74) is 2.28. The lowest BCUT2D eigenvalue weighted by Crippen LogP contribution is -2.38. The summed E-state index contributed by atoms with van der Waals surface area (Å²) in [6.07, 6.45) is 3.21. The minimum atomic E-state index is -2.95. The number of piperidine rings is 1. The zero-order valence-electron chi connectivity index (χ0n) is 12.8. The number of sulfone groups is 1. The van der Waals surface area contributed by atoms with Crippen LogP contribution in [0.2, 0.25) is 0 Å². The standard InChI is InChI=1S/C15H21N3O2S/c1-11-7-15(17-12(2)14(11)8-16)18-6-4-5-13(9-18)10-21(3,19)20/h7,13H,4-6,9-10H2,1-3H3. The number of nitriles is 1. The molecule has 0 aromatic carbocycles. The minimum absolute atomic E-state index is 0.159. The Balaban J connectivity index is 2.21. The summed E-state index contributed by atoms with van der Waals surface area (Å²) in [6.45, 7) is 5.35. The van der Waals surface area contributed by atoms with Gasteiger partial charge in [-0.1, -0.05) is 0 Å². The topological polar surface area (TPSA) is 74.1 Å². The number of aryl methyl sites for hydroxylation is 2. The van der Waals surface area contributed by atoms with Crippen molar-refractivity contribution in [3.05, 3.63) is 22.9 Å². The molecule has 114 valence electrons. The highest BCUT2D eigenvalue weighted by atomic mass is 32.2. The van der Waals surface area contributed by atoms with Crippen LogP contribution >= 0.6 is 0 Å². The lowest BCUT2D eigenvalue weighted by molar-refractivity contribution is 0.442. The summed E-state index contributed by atoms with van der Waals surface area (Å²) in [5.74, 6) is 1.24. The molecule has 1 aliphatic heterocycles. The molecule has 0 spiro atoms. The van der Waals surface area contributed by atoms with Crippen LogP contribution in [0.3, 0.4) is 0 Å². The lowest BCUT2D eigenvalue weighted by Gasteiger charge is -2.33. The number of rotatable bonds is 3. The van der Waals surface area contributed by atoms with Crippen molar-refractivity contribution >= 4 is 15.7 Å². The van der Waals surface area contributed by atoms with Crippen molar-refractivity contribution < 1.29 is 8.42 Å². The summed E-state index contributed by atoms with van der Waals surface area (Å²) in [6, 6.07) is 4.10. The van der Waals surface area contributed by atoms with Gasteiger partial charge < -0.3 is 4.90 Å². The van der Waals surface area contributed by atoms with Gasteiger partial charge in [0.05, 0.1) is 17.0 Å². The van der Waals surface area contributed by atoms with Crippen LogP contribution in [0.25, 0.3) is 0 Å². The third-order valence-electron chi connectivity index (χ3n) is 3.88. The van der Waals surface area contributed by atoms with Gasteiger partial charge in [0.15, 0.2) is 0 Å². The Hall–Kier alpha value is -1.61. The average molecular weight is 307 g/mol. The van der Waals surface area contributed by atoms with Gasteiger partial charge in [0.2, 0.25) is 0 Å². The van der Waals surface area contributed by atoms with Gasteiger partial charge >= 0.3 is 0 Å². The molecule has 0 amide bonds. The molecule has 0 bridgehead atoms. The first-order valence-corrected chi connectivity index (χ1v) is 9.17. The molecule has 1 aromatic heterocycles. The van der Waals surface area contributed by atoms with Gasteiger partial charge in [-0.2, -0.15) is 5.26 Å². The summed E-state index contributed by atoms with van der Waals surface area (Å²) in [7, 11) is -2.95. The molecule has 2 heterocycles. The van der Waals surface area contributed by atoms with Crippen LogP contribution in [0.1, 0.15) is 29.7 Å². The Morgan fingerprint density at radius 2 is 2.19 bits per heavy atom. The highest BCUT2D eigenvalue weighted by molar-refractivity contribution is 7.90. The fourth-order valence-corrected chi connectivity index (χ4v) is 4.11. The Morgan fingerprint density at radius 1 is 1.48 bits per heavy atom. The molecular weight excluding hydrogens is 286 g/mol. The van der Waals surface area contributed by atoms with E-state index in [9.17, 15) is 8.42 Å². The predicted molar refractivity (Wildman–Crippen MR) is 83.1 cm³/mol. The van der Waals surface area contributed by atoms with Crippen LogP contribution in [0.15, 0.2) is 6.07 Å². The minimum Gasteiger partial charge on any atom is -0.356 e. The largest absolute Gasteiger partial charge is 0.356 e. The number of pyridine rings is 1. The highest BCUT2D eigenvalue weighted by Crippen LogP contribution is 2.25. The third kappa shape index (κ3) is 3.94. The molecule has 1 fully saturated rings. The van der Waals surface area contributed by atoms with E-state index in [4.69, 9.17) is 5.26 Å². The zero-order chi connectivity index (χ0) is 15.6. The second kappa shape index (κ2) is 6.02. The van der Waals surface area contributed by atoms with Gasteiger partial charge in [0, 0.05) is 19.3 Å². The highest BCUT2D eigenvalue weighted by Gasteiger charge is 2.24. The first kappa shape index (κ1) is 15.8. The van der Waals surface area contributed by atoms with Crippen molar-refractivity contribution in [2.45, 2.75) is 26.7 Å². The molecule has 0 saturated carbocycles. The normalized spacial score (nSPS) is 19.3. The van der Waals surface area contributed by atoms with E-state index in [1.807, 2.05) is 19.9 Å². The molecule has 0 N–H and O–H groups in total. The van der Waals surface area contributed by atoms with Crippen LogP contribution in [-0.2, 0) is 9.84 Å². The summed E-state index contributed by atoms with van der Waals surface area (Å²) in [5, 5.41) is 9.10. The van der Waals surface area contributed by atoms with Gasteiger partial charge in [-0.05, 0) is 44.2 Å². The molecule has 2 rings (SSSR count). The van der Waals surface area contributed by atoms with E-state index in [1.165, 1.54) is 6.26 Å². The maximum absolute atomic E-state index is 11.5. The van der Waals surface area contributed by atoms with Gasteiger partial charge in [0.1, 0.15) is 21.7 Å². The first-order chi connectivity index (χ1) is 9.80. The van der Waals surface area contributed by atoms with Crippen LogP contribution in [0.4, 0.5) is 5.82 Å². The van der Waals surface area contributed by atoms with Crippen molar-refractivity contribution in [1.82, 2.24) is 4.98 Å². The predicted octanol–water partition coefficient (Wildman–Crippen LogP) is 1.83. The fourth-order valence-electron chi connectivity index (χ4n) is 2.98. The molecule has 5 nitrogen and oxygen atoms in total.